The van der Waals surface area contributed by atoms with Crippen molar-refractivity contribution in [3.63, 3.8) is 0 Å². The number of aromatic nitrogens is 5. The molecule has 0 aromatic carbocycles. The molecule has 0 aliphatic carbocycles. The van der Waals surface area contributed by atoms with E-state index in [0.29, 0.717) is 0 Å². The lowest BCUT2D eigenvalue weighted by molar-refractivity contribution is -0.0699. The van der Waals surface area contributed by atoms with Crippen LogP contribution in [0, 0.1) is 0 Å². The molecule has 4 rings (SSSR count). The van der Waals surface area contributed by atoms with Crippen molar-refractivity contribution < 1.29 is 28.3 Å². The fourth-order valence-electron chi connectivity index (χ4n) is 2.49. The van der Waals surface area contributed by atoms with E-state index in [9.17, 15) is 14.6 Å². The van der Waals surface area contributed by atoms with Crippen LogP contribution in [-0.4, -0.2) is 59.9 Å². The van der Waals surface area contributed by atoms with E-state index in [2.05, 4.69) is 24.8 Å². The molecule has 4 heterocycles. The first-order chi connectivity index (χ1) is 10.5. The maximum absolute atomic E-state index is 11.4. The van der Waals surface area contributed by atoms with Gasteiger partial charge in [-0.1, -0.05) is 5.21 Å². The molecule has 2 aliphatic rings. The molecule has 0 spiro atoms. The first-order valence-electron chi connectivity index (χ1n) is 6.27. The summed E-state index contributed by atoms with van der Waals surface area (Å²) in [7, 11) is -4.18. The standard InChI is InChI=1S/C9H11N6O6P/c10-7-4-8(12-2-11-7)15(14-13-4)9-5(16)6-3(20-9)1-19-22(17,18)21-6/h2-3,5-6,9,16H,1H2,(H,17,18)(H2,10,11,12)/t3-,5-,6-,9-/m1/s1. The zero-order valence-electron chi connectivity index (χ0n) is 10.9. The van der Waals surface area contributed by atoms with Crippen LogP contribution < -0.4 is 5.73 Å². The van der Waals surface area contributed by atoms with Crippen LogP contribution in [0.15, 0.2) is 6.33 Å². The Bertz CT molecular complexity index is 783. The molecule has 0 saturated carbocycles. The smallest absolute Gasteiger partial charge is 0.385 e. The van der Waals surface area contributed by atoms with E-state index in [-0.39, 0.29) is 23.6 Å². The number of hydrogen-bond acceptors (Lipinski definition) is 10. The van der Waals surface area contributed by atoms with E-state index < -0.39 is 32.4 Å². The Hall–Kier alpha value is -1.69. The van der Waals surface area contributed by atoms with E-state index in [1.54, 1.807) is 0 Å². The number of nitrogen functional groups attached to an aromatic ring is 1. The highest BCUT2D eigenvalue weighted by Crippen LogP contribution is 2.52. The third-order valence-corrected chi connectivity index (χ3v) is 4.48. The fourth-order valence-corrected chi connectivity index (χ4v) is 3.45. The number of fused-ring (bicyclic) bond motifs is 2. The second-order valence-corrected chi connectivity index (χ2v) is 6.26. The highest BCUT2D eigenvalue weighted by molar-refractivity contribution is 7.47. The van der Waals surface area contributed by atoms with E-state index >= 15 is 0 Å². The van der Waals surface area contributed by atoms with Gasteiger partial charge in [-0.25, -0.2) is 14.5 Å². The molecule has 0 radical (unpaired) electrons. The van der Waals surface area contributed by atoms with Gasteiger partial charge in [-0.3, -0.25) is 9.05 Å². The zero-order chi connectivity index (χ0) is 15.5. The number of ether oxygens (including phenoxy) is 1. The SMILES string of the molecule is Nc1ncnc2c1nnn2[C@@H]1O[C@@H]2COP(=O)(O)O[C@H]2[C@H]1O. The number of rotatable bonds is 1. The average molecular weight is 330 g/mol. The van der Waals surface area contributed by atoms with Crippen LogP contribution in [0.2, 0.25) is 0 Å². The van der Waals surface area contributed by atoms with Crippen molar-refractivity contribution in [3.8, 4) is 0 Å². The lowest BCUT2D eigenvalue weighted by Gasteiger charge is -2.27. The molecule has 0 bridgehead atoms. The van der Waals surface area contributed by atoms with Crippen molar-refractivity contribution in [3.05, 3.63) is 6.33 Å². The van der Waals surface area contributed by atoms with Crippen LogP contribution in [0.4, 0.5) is 5.82 Å². The van der Waals surface area contributed by atoms with Crippen molar-refractivity contribution >= 4 is 24.8 Å². The maximum Gasteiger partial charge on any atom is 0.472 e. The van der Waals surface area contributed by atoms with Crippen LogP contribution in [0.3, 0.4) is 0 Å². The van der Waals surface area contributed by atoms with Gasteiger partial charge in [0.25, 0.3) is 0 Å². The van der Waals surface area contributed by atoms with E-state index in [1.165, 1.54) is 11.0 Å². The summed E-state index contributed by atoms with van der Waals surface area (Å²) < 4.78 is 27.8. The van der Waals surface area contributed by atoms with Gasteiger partial charge in [-0.15, -0.1) is 5.10 Å². The summed E-state index contributed by atoms with van der Waals surface area (Å²) in [5.74, 6) is 0.139. The third kappa shape index (κ3) is 2.00. The number of aliphatic hydroxyl groups is 1. The Morgan fingerprint density at radius 2 is 2.27 bits per heavy atom. The normalized spacial score (nSPS) is 38.3. The van der Waals surface area contributed by atoms with Gasteiger partial charge in [0.05, 0.1) is 6.61 Å². The van der Waals surface area contributed by atoms with Gasteiger partial charge in [0.1, 0.15) is 24.6 Å². The largest absolute Gasteiger partial charge is 0.472 e. The third-order valence-electron chi connectivity index (χ3n) is 3.50. The fraction of sp³-hybridized carbons (Fsp3) is 0.556. The quantitative estimate of drug-likeness (QED) is 0.524. The summed E-state index contributed by atoms with van der Waals surface area (Å²) in [5.41, 5.74) is 6.20. The van der Waals surface area contributed by atoms with Crippen LogP contribution >= 0.6 is 7.82 Å². The summed E-state index contributed by atoms with van der Waals surface area (Å²) in [6.45, 7) is -0.185. The second-order valence-electron chi connectivity index (χ2n) is 4.86. The van der Waals surface area contributed by atoms with Gasteiger partial charge >= 0.3 is 7.82 Å². The Morgan fingerprint density at radius 1 is 1.45 bits per heavy atom. The molecular weight excluding hydrogens is 319 g/mol. The number of nitrogens with two attached hydrogens (primary N) is 1. The van der Waals surface area contributed by atoms with Gasteiger partial charge in [0.15, 0.2) is 23.2 Å². The van der Waals surface area contributed by atoms with Gasteiger partial charge in [-0.2, -0.15) is 4.68 Å². The molecule has 2 aromatic heterocycles. The van der Waals surface area contributed by atoms with Gasteiger partial charge in [0, 0.05) is 0 Å². The molecule has 13 heteroatoms. The molecular formula is C9H11N6O6P. The molecule has 0 amide bonds. The number of nitrogens with zero attached hydrogens (tertiary/aromatic N) is 5. The highest BCUT2D eigenvalue weighted by Gasteiger charge is 2.53. The van der Waals surface area contributed by atoms with E-state index in [1.807, 2.05) is 0 Å². The van der Waals surface area contributed by atoms with Crippen LogP contribution in [0.5, 0.6) is 0 Å². The van der Waals surface area contributed by atoms with Crippen LogP contribution in [-0.2, 0) is 18.3 Å². The van der Waals surface area contributed by atoms with Crippen LogP contribution in [0.25, 0.3) is 11.2 Å². The maximum atomic E-state index is 11.4. The van der Waals surface area contributed by atoms with Crippen LogP contribution in [0.1, 0.15) is 6.23 Å². The van der Waals surface area contributed by atoms with Gasteiger partial charge in [0.2, 0.25) is 0 Å². The molecule has 5 atom stereocenters. The summed E-state index contributed by atoms with van der Waals surface area (Å²) >= 11 is 0. The first kappa shape index (κ1) is 13.9. The Kier molecular flexibility index (Phi) is 2.95. The van der Waals surface area contributed by atoms with E-state index in [0.717, 1.165) is 0 Å². The number of aliphatic hydroxyl groups excluding tert-OH is 1. The molecule has 22 heavy (non-hydrogen) atoms. The highest BCUT2D eigenvalue weighted by atomic mass is 31.2. The predicted molar refractivity (Wildman–Crippen MR) is 68.1 cm³/mol. The van der Waals surface area contributed by atoms with Crippen molar-refractivity contribution in [2.45, 2.75) is 24.5 Å². The van der Waals surface area contributed by atoms with Gasteiger partial charge < -0.3 is 20.5 Å². The Morgan fingerprint density at radius 3 is 3.09 bits per heavy atom. The minimum absolute atomic E-state index is 0.139. The first-order valence-corrected chi connectivity index (χ1v) is 7.76. The molecule has 2 aliphatic heterocycles. The van der Waals surface area contributed by atoms with Gasteiger partial charge in [-0.05, 0) is 0 Å². The Balaban J connectivity index is 1.71. The second kappa shape index (κ2) is 4.65. The summed E-state index contributed by atoms with van der Waals surface area (Å²) in [5, 5.41) is 18.0. The summed E-state index contributed by atoms with van der Waals surface area (Å²) in [6.07, 6.45) is -2.76. The van der Waals surface area contributed by atoms with E-state index in [4.69, 9.17) is 15.0 Å². The number of phosphoric ester groups is 1. The lowest BCUT2D eigenvalue weighted by atomic mass is 10.1. The molecule has 4 N–H and O–H groups in total. The number of hydrogen-bond donors (Lipinski definition) is 3. The zero-order valence-corrected chi connectivity index (χ0v) is 11.8. The topological polar surface area (TPSA) is 168 Å². The molecule has 12 nitrogen and oxygen atoms in total. The molecule has 118 valence electrons. The Labute approximate surface area is 122 Å². The van der Waals surface area contributed by atoms with Crippen molar-refractivity contribution in [2.75, 3.05) is 12.3 Å². The summed E-state index contributed by atoms with van der Waals surface area (Å²) in [6, 6.07) is 0. The average Bonchev–Trinajstić information content (AvgIpc) is 3.01. The van der Waals surface area contributed by atoms with Crippen molar-refractivity contribution in [1.29, 1.82) is 0 Å². The summed E-state index contributed by atoms with van der Waals surface area (Å²) in [4.78, 5) is 17.1. The van der Waals surface area contributed by atoms with Crippen molar-refractivity contribution in [1.82, 2.24) is 25.0 Å². The predicted octanol–water partition coefficient (Wildman–Crippen LogP) is -1.42. The minimum Gasteiger partial charge on any atom is -0.385 e. The molecule has 1 unspecified atom stereocenters. The monoisotopic (exact) mass is 330 g/mol. The minimum atomic E-state index is -4.18. The van der Waals surface area contributed by atoms with Crippen molar-refractivity contribution in [2.24, 2.45) is 0 Å². The molecule has 2 saturated heterocycles. The molecule has 2 fully saturated rings. The number of phosphoric acid groups is 1. The number of anilines is 1. The molecule has 2 aromatic rings. The lowest BCUT2D eigenvalue weighted by Crippen LogP contribution is -2.39.